The quantitative estimate of drug-likeness (QED) is 0.764. The standard InChI is InChI=1S/C19H21Cl2N3O3/c1-12-11-24(8-7-23(12)6-2-3-18(25)26)19(27)13-4-5-14-15(20)10-17(21)22-16(14)9-13/h4-5,9-10,12H,2-3,6-8,11H2,1H3,(H,25,26)/t12-/m0/s1. The topological polar surface area (TPSA) is 73.7 Å². The fourth-order valence-corrected chi connectivity index (χ4v) is 3.94. The molecule has 1 fully saturated rings. The first kappa shape index (κ1) is 19.9. The van der Waals surface area contributed by atoms with Crippen LogP contribution in [0, 0.1) is 0 Å². The summed E-state index contributed by atoms with van der Waals surface area (Å²) in [5, 5.41) is 10.3. The van der Waals surface area contributed by atoms with Crippen molar-refractivity contribution in [3.8, 4) is 0 Å². The van der Waals surface area contributed by atoms with Gasteiger partial charge in [0.2, 0.25) is 0 Å². The summed E-state index contributed by atoms with van der Waals surface area (Å²) in [6, 6.07) is 7.03. The van der Waals surface area contributed by atoms with Gasteiger partial charge in [-0.3, -0.25) is 14.5 Å². The Morgan fingerprint density at radius 3 is 2.74 bits per heavy atom. The zero-order chi connectivity index (χ0) is 19.6. The molecule has 0 saturated carbocycles. The lowest BCUT2D eigenvalue weighted by atomic mass is 10.1. The maximum absolute atomic E-state index is 12.9. The molecule has 0 radical (unpaired) electrons. The lowest BCUT2D eigenvalue weighted by Gasteiger charge is -2.40. The number of rotatable bonds is 5. The van der Waals surface area contributed by atoms with Gasteiger partial charge < -0.3 is 10.0 Å². The largest absolute Gasteiger partial charge is 0.481 e. The number of carboxylic acids is 1. The second kappa shape index (κ2) is 8.42. The molecule has 1 amide bonds. The highest BCUT2D eigenvalue weighted by Gasteiger charge is 2.27. The zero-order valence-electron chi connectivity index (χ0n) is 15.0. The molecule has 8 heteroatoms. The number of carbonyl (C=O) groups excluding carboxylic acids is 1. The minimum atomic E-state index is -0.776. The third kappa shape index (κ3) is 4.69. The molecule has 6 nitrogen and oxygen atoms in total. The van der Waals surface area contributed by atoms with E-state index in [2.05, 4.69) is 16.8 Å². The minimum Gasteiger partial charge on any atom is -0.481 e. The molecule has 2 aromatic rings. The first-order valence-electron chi connectivity index (χ1n) is 8.86. The van der Waals surface area contributed by atoms with Crippen molar-refractivity contribution in [3.63, 3.8) is 0 Å². The van der Waals surface area contributed by atoms with Crippen molar-refractivity contribution in [2.24, 2.45) is 0 Å². The van der Waals surface area contributed by atoms with E-state index < -0.39 is 5.97 Å². The van der Waals surface area contributed by atoms with E-state index in [0.29, 0.717) is 40.8 Å². The minimum absolute atomic E-state index is 0.0492. The van der Waals surface area contributed by atoms with Crippen LogP contribution >= 0.6 is 23.2 Å². The number of carbonyl (C=O) groups is 2. The Morgan fingerprint density at radius 2 is 2.04 bits per heavy atom. The Morgan fingerprint density at radius 1 is 1.26 bits per heavy atom. The fraction of sp³-hybridized carbons (Fsp3) is 0.421. The van der Waals surface area contributed by atoms with E-state index in [1.165, 1.54) is 0 Å². The molecule has 1 saturated heterocycles. The molecular formula is C19H21Cl2N3O3. The van der Waals surface area contributed by atoms with E-state index in [4.69, 9.17) is 28.3 Å². The van der Waals surface area contributed by atoms with Crippen molar-refractivity contribution in [3.05, 3.63) is 40.0 Å². The van der Waals surface area contributed by atoms with Crippen LogP contribution in [0.4, 0.5) is 0 Å². The number of aliphatic carboxylic acids is 1. The lowest BCUT2D eigenvalue weighted by Crippen LogP contribution is -2.53. The molecule has 1 aromatic carbocycles. The van der Waals surface area contributed by atoms with Gasteiger partial charge in [-0.15, -0.1) is 0 Å². The third-order valence-corrected chi connectivity index (χ3v) is 5.37. The molecular weight excluding hydrogens is 389 g/mol. The van der Waals surface area contributed by atoms with E-state index in [0.717, 1.165) is 18.5 Å². The summed E-state index contributed by atoms with van der Waals surface area (Å²) in [5.41, 5.74) is 1.15. The Bertz CT molecular complexity index is 875. The van der Waals surface area contributed by atoms with Crippen LogP contribution < -0.4 is 0 Å². The molecule has 1 aliphatic rings. The van der Waals surface area contributed by atoms with Gasteiger partial charge in [0.1, 0.15) is 5.15 Å². The highest BCUT2D eigenvalue weighted by atomic mass is 35.5. The summed E-state index contributed by atoms with van der Waals surface area (Å²) in [6.45, 7) is 4.73. The highest BCUT2D eigenvalue weighted by Crippen LogP contribution is 2.26. The molecule has 3 rings (SSSR count). The zero-order valence-corrected chi connectivity index (χ0v) is 16.5. The van der Waals surface area contributed by atoms with E-state index >= 15 is 0 Å². The Hall–Kier alpha value is -1.89. The van der Waals surface area contributed by atoms with Gasteiger partial charge in [-0.25, -0.2) is 4.98 Å². The third-order valence-electron chi connectivity index (χ3n) is 4.86. The summed E-state index contributed by atoms with van der Waals surface area (Å²) in [5.74, 6) is -0.826. The van der Waals surface area contributed by atoms with Crippen molar-refractivity contribution >= 4 is 46.0 Å². The van der Waals surface area contributed by atoms with Gasteiger partial charge in [-0.05, 0) is 38.1 Å². The number of benzene rings is 1. The molecule has 1 atom stereocenters. The molecule has 144 valence electrons. The molecule has 0 bridgehead atoms. The van der Waals surface area contributed by atoms with Gasteiger partial charge in [-0.2, -0.15) is 0 Å². The lowest BCUT2D eigenvalue weighted by molar-refractivity contribution is -0.137. The molecule has 2 heterocycles. The van der Waals surface area contributed by atoms with E-state index in [-0.39, 0.29) is 18.4 Å². The van der Waals surface area contributed by atoms with Crippen LogP contribution in [-0.2, 0) is 4.79 Å². The highest BCUT2D eigenvalue weighted by molar-refractivity contribution is 6.37. The van der Waals surface area contributed by atoms with Gasteiger partial charge in [0.05, 0.1) is 10.5 Å². The predicted molar refractivity (Wildman–Crippen MR) is 106 cm³/mol. The van der Waals surface area contributed by atoms with Crippen molar-refractivity contribution in [2.45, 2.75) is 25.8 Å². The number of aromatic nitrogens is 1. The average Bonchev–Trinajstić information content (AvgIpc) is 2.61. The van der Waals surface area contributed by atoms with Gasteiger partial charge >= 0.3 is 5.97 Å². The maximum atomic E-state index is 12.9. The smallest absolute Gasteiger partial charge is 0.303 e. The van der Waals surface area contributed by atoms with Crippen LogP contribution in [0.25, 0.3) is 10.9 Å². The van der Waals surface area contributed by atoms with Gasteiger partial charge in [0.25, 0.3) is 5.91 Å². The SMILES string of the molecule is C[C@H]1CN(C(=O)c2ccc3c(Cl)cc(Cl)nc3c2)CCN1CCCC(=O)O. The number of amides is 1. The molecule has 0 aliphatic carbocycles. The summed E-state index contributed by atoms with van der Waals surface area (Å²) >= 11 is 12.1. The van der Waals surface area contributed by atoms with Crippen molar-refractivity contribution in [1.82, 2.24) is 14.8 Å². The van der Waals surface area contributed by atoms with Crippen LogP contribution in [-0.4, -0.2) is 64.0 Å². The van der Waals surface area contributed by atoms with Gasteiger partial charge in [-0.1, -0.05) is 29.3 Å². The van der Waals surface area contributed by atoms with E-state index in [9.17, 15) is 9.59 Å². The number of pyridine rings is 1. The first-order chi connectivity index (χ1) is 12.8. The number of halogens is 2. The van der Waals surface area contributed by atoms with E-state index in [1.807, 2.05) is 4.90 Å². The molecule has 0 spiro atoms. The second-order valence-electron chi connectivity index (χ2n) is 6.79. The summed E-state index contributed by atoms with van der Waals surface area (Å²) in [7, 11) is 0. The number of piperazine rings is 1. The van der Waals surface area contributed by atoms with Crippen LogP contribution in [0.2, 0.25) is 10.2 Å². The van der Waals surface area contributed by atoms with Crippen LogP contribution in [0.5, 0.6) is 0 Å². The van der Waals surface area contributed by atoms with Crippen LogP contribution in [0.3, 0.4) is 0 Å². The predicted octanol–water partition coefficient (Wildman–Crippen LogP) is 3.55. The summed E-state index contributed by atoms with van der Waals surface area (Å²) in [6.07, 6.45) is 0.784. The molecule has 27 heavy (non-hydrogen) atoms. The summed E-state index contributed by atoms with van der Waals surface area (Å²) in [4.78, 5) is 31.9. The fourth-order valence-electron chi connectivity index (χ4n) is 3.42. The van der Waals surface area contributed by atoms with Crippen molar-refractivity contribution < 1.29 is 14.7 Å². The number of nitrogens with zero attached hydrogens (tertiary/aromatic N) is 3. The van der Waals surface area contributed by atoms with Gasteiger partial charge in [0, 0.05) is 43.0 Å². The molecule has 1 aromatic heterocycles. The van der Waals surface area contributed by atoms with E-state index in [1.54, 1.807) is 24.3 Å². The number of carboxylic acid groups (broad SMARTS) is 1. The van der Waals surface area contributed by atoms with Crippen molar-refractivity contribution in [1.29, 1.82) is 0 Å². The number of fused-ring (bicyclic) bond motifs is 1. The van der Waals surface area contributed by atoms with Gasteiger partial charge in [0.15, 0.2) is 0 Å². The number of hydrogen-bond donors (Lipinski definition) is 1. The second-order valence-corrected chi connectivity index (χ2v) is 7.59. The summed E-state index contributed by atoms with van der Waals surface area (Å²) < 4.78 is 0. The Balaban J connectivity index is 1.68. The number of hydrogen-bond acceptors (Lipinski definition) is 4. The first-order valence-corrected chi connectivity index (χ1v) is 9.61. The molecule has 1 aliphatic heterocycles. The van der Waals surface area contributed by atoms with Crippen LogP contribution in [0.15, 0.2) is 24.3 Å². The van der Waals surface area contributed by atoms with Crippen LogP contribution in [0.1, 0.15) is 30.1 Å². The Labute approximate surface area is 167 Å². The molecule has 0 unspecified atom stereocenters. The average molecular weight is 410 g/mol. The molecule has 1 N–H and O–H groups in total. The van der Waals surface area contributed by atoms with Crippen molar-refractivity contribution in [2.75, 3.05) is 26.2 Å². The normalized spacial score (nSPS) is 18.0. The monoisotopic (exact) mass is 409 g/mol. The maximum Gasteiger partial charge on any atom is 0.303 e. The Kier molecular flexibility index (Phi) is 6.19.